The summed E-state index contributed by atoms with van der Waals surface area (Å²) in [6.07, 6.45) is -4.58. The van der Waals surface area contributed by atoms with E-state index in [4.69, 9.17) is 0 Å². The molecule has 0 heterocycles. The number of halogens is 3. The highest BCUT2D eigenvalue weighted by Gasteiger charge is 2.30. The monoisotopic (exact) mass is 414 g/mol. The number of benzene rings is 3. The van der Waals surface area contributed by atoms with Gasteiger partial charge >= 0.3 is 6.18 Å². The third kappa shape index (κ3) is 5.38. The van der Waals surface area contributed by atoms with Crippen LogP contribution in [-0.4, -0.2) is 16.9 Å². The summed E-state index contributed by atoms with van der Waals surface area (Å²) in [5, 5.41) is 14.8. The van der Waals surface area contributed by atoms with Gasteiger partial charge in [0.1, 0.15) is 5.75 Å². The van der Waals surface area contributed by atoms with E-state index in [1.807, 2.05) is 0 Å². The largest absolute Gasteiger partial charge is 0.508 e. The van der Waals surface area contributed by atoms with E-state index < -0.39 is 23.6 Å². The van der Waals surface area contributed by atoms with Crippen molar-refractivity contribution in [2.75, 3.05) is 10.6 Å². The van der Waals surface area contributed by atoms with Gasteiger partial charge in [0.05, 0.1) is 12.0 Å². The molecule has 0 aliphatic heterocycles. The topological polar surface area (TPSA) is 78.4 Å². The molecule has 0 saturated carbocycles. The zero-order valence-electron chi connectivity index (χ0n) is 15.5. The van der Waals surface area contributed by atoms with E-state index in [2.05, 4.69) is 10.6 Å². The van der Waals surface area contributed by atoms with Gasteiger partial charge in [0.15, 0.2) is 0 Å². The molecule has 0 aliphatic rings. The summed E-state index contributed by atoms with van der Waals surface area (Å²) >= 11 is 0. The highest BCUT2D eigenvalue weighted by Crippen LogP contribution is 2.30. The van der Waals surface area contributed by atoms with Crippen LogP contribution in [0.3, 0.4) is 0 Å². The highest BCUT2D eigenvalue weighted by molar-refractivity contribution is 6.05. The van der Waals surface area contributed by atoms with Crippen molar-refractivity contribution in [1.82, 2.24) is 0 Å². The Balaban J connectivity index is 1.68. The number of phenolic OH excluding ortho intramolecular Hbond substituents is 1. The number of phenols is 1. The first-order valence-corrected chi connectivity index (χ1v) is 8.88. The summed E-state index contributed by atoms with van der Waals surface area (Å²) in [6, 6.07) is 16.7. The maximum Gasteiger partial charge on any atom is 0.416 e. The molecule has 0 atom stereocenters. The van der Waals surface area contributed by atoms with Crippen molar-refractivity contribution in [1.29, 1.82) is 0 Å². The maximum absolute atomic E-state index is 12.8. The predicted octanol–water partition coefficient (Wildman–Crippen LogP) is 4.84. The lowest BCUT2D eigenvalue weighted by Crippen LogP contribution is -2.16. The Labute approximate surface area is 170 Å². The Bertz CT molecular complexity index is 1080. The Hall–Kier alpha value is -3.81. The van der Waals surface area contributed by atoms with E-state index in [0.717, 1.165) is 12.1 Å². The fourth-order valence-electron chi connectivity index (χ4n) is 2.75. The van der Waals surface area contributed by atoms with Gasteiger partial charge < -0.3 is 15.7 Å². The second kappa shape index (κ2) is 8.69. The number of rotatable bonds is 5. The minimum absolute atomic E-state index is 0.00173. The zero-order valence-corrected chi connectivity index (χ0v) is 15.5. The van der Waals surface area contributed by atoms with Gasteiger partial charge in [0.25, 0.3) is 5.91 Å². The SMILES string of the molecule is O=C(Cc1ccccc1O)Nc1cccc(C(=O)Nc2cccc(C(F)(F)F)c2)c1. The van der Waals surface area contributed by atoms with E-state index in [0.29, 0.717) is 11.3 Å². The van der Waals surface area contributed by atoms with E-state index in [9.17, 15) is 27.9 Å². The number of carbonyl (C=O) groups excluding carboxylic acids is 2. The molecule has 0 aromatic heterocycles. The molecule has 0 aliphatic carbocycles. The van der Waals surface area contributed by atoms with Crippen LogP contribution in [-0.2, 0) is 17.4 Å². The fourth-order valence-corrected chi connectivity index (χ4v) is 2.75. The number of hydrogen-bond donors (Lipinski definition) is 3. The number of hydrogen-bond acceptors (Lipinski definition) is 3. The molecule has 30 heavy (non-hydrogen) atoms. The number of nitrogens with one attached hydrogen (secondary N) is 2. The summed E-state index contributed by atoms with van der Waals surface area (Å²) < 4.78 is 38.4. The first-order chi connectivity index (χ1) is 14.2. The summed E-state index contributed by atoms with van der Waals surface area (Å²) in [5.74, 6) is -1.01. The van der Waals surface area contributed by atoms with Crippen molar-refractivity contribution in [3.8, 4) is 5.75 Å². The third-order valence-corrected chi connectivity index (χ3v) is 4.20. The van der Waals surface area contributed by atoms with Crippen molar-refractivity contribution in [3.63, 3.8) is 0 Å². The molecule has 3 aromatic rings. The summed E-state index contributed by atoms with van der Waals surface area (Å²) in [4.78, 5) is 24.6. The lowest BCUT2D eigenvalue weighted by Gasteiger charge is -2.11. The molecule has 3 rings (SSSR count). The maximum atomic E-state index is 12.8. The lowest BCUT2D eigenvalue weighted by atomic mass is 10.1. The quantitative estimate of drug-likeness (QED) is 0.559. The standard InChI is InChI=1S/C22H17F3N2O3/c23-22(24,25)16-7-4-9-18(13-16)27-21(30)15-6-3-8-17(11-15)26-20(29)12-14-5-1-2-10-19(14)28/h1-11,13,28H,12H2,(H,26,29)(H,27,30). The molecular formula is C22H17F3N2O3. The molecule has 2 amide bonds. The van der Waals surface area contributed by atoms with Crippen LogP contribution in [0.25, 0.3) is 0 Å². The van der Waals surface area contributed by atoms with Crippen molar-refractivity contribution < 1.29 is 27.9 Å². The molecule has 5 nitrogen and oxygen atoms in total. The minimum atomic E-state index is -4.52. The molecule has 0 bridgehead atoms. The Morgan fingerprint density at radius 3 is 2.20 bits per heavy atom. The van der Waals surface area contributed by atoms with Crippen LogP contribution in [0.4, 0.5) is 24.5 Å². The summed E-state index contributed by atoms with van der Waals surface area (Å²) in [5.41, 5.74) is 0.0858. The summed E-state index contributed by atoms with van der Waals surface area (Å²) in [6.45, 7) is 0. The van der Waals surface area contributed by atoms with Gasteiger partial charge in [-0.25, -0.2) is 0 Å². The van der Waals surface area contributed by atoms with Gasteiger partial charge in [-0.15, -0.1) is 0 Å². The van der Waals surface area contributed by atoms with E-state index in [-0.39, 0.29) is 23.4 Å². The van der Waals surface area contributed by atoms with Crippen molar-refractivity contribution >= 4 is 23.2 Å². The van der Waals surface area contributed by atoms with Crippen LogP contribution in [0.2, 0.25) is 0 Å². The van der Waals surface area contributed by atoms with Crippen molar-refractivity contribution in [3.05, 3.63) is 89.5 Å². The van der Waals surface area contributed by atoms with Crippen LogP contribution in [0, 0.1) is 0 Å². The van der Waals surface area contributed by atoms with Gasteiger partial charge in [0.2, 0.25) is 5.91 Å². The highest BCUT2D eigenvalue weighted by atomic mass is 19.4. The van der Waals surface area contributed by atoms with Crippen molar-refractivity contribution in [2.45, 2.75) is 12.6 Å². The second-order valence-corrected chi connectivity index (χ2v) is 6.47. The Morgan fingerprint density at radius 1 is 0.833 bits per heavy atom. The molecule has 3 N–H and O–H groups in total. The molecule has 0 fully saturated rings. The molecule has 0 saturated heterocycles. The second-order valence-electron chi connectivity index (χ2n) is 6.47. The number of carbonyl (C=O) groups is 2. The first-order valence-electron chi connectivity index (χ1n) is 8.88. The smallest absolute Gasteiger partial charge is 0.416 e. The average molecular weight is 414 g/mol. The number of amides is 2. The number of para-hydroxylation sites is 1. The third-order valence-electron chi connectivity index (χ3n) is 4.20. The van der Waals surface area contributed by atoms with Gasteiger partial charge in [-0.05, 0) is 42.5 Å². The van der Waals surface area contributed by atoms with Crippen LogP contribution in [0.1, 0.15) is 21.5 Å². The predicted molar refractivity (Wildman–Crippen MR) is 106 cm³/mol. The number of alkyl halides is 3. The first kappa shape index (κ1) is 20.9. The molecule has 3 aromatic carbocycles. The van der Waals surface area contributed by atoms with Gasteiger partial charge in [-0.1, -0.05) is 30.3 Å². The van der Waals surface area contributed by atoms with Crippen LogP contribution in [0.5, 0.6) is 5.75 Å². The van der Waals surface area contributed by atoms with Gasteiger partial charge in [-0.2, -0.15) is 13.2 Å². The van der Waals surface area contributed by atoms with E-state index in [1.165, 1.54) is 36.4 Å². The molecule has 8 heteroatoms. The number of aromatic hydroxyl groups is 1. The molecule has 154 valence electrons. The molecule has 0 unspecified atom stereocenters. The van der Waals surface area contributed by atoms with Crippen LogP contribution < -0.4 is 10.6 Å². The summed E-state index contributed by atoms with van der Waals surface area (Å²) in [7, 11) is 0. The average Bonchev–Trinajstić information content (AvgIpc) is 2.69. The van der Waals surface area contributed by atoms with E-state index >= 15 is 0 Å². The minimum Gasteiger partial charge on any atom is -0.508 e. The molecule has 0 spiro atoms. The lowest BCUT2D eigenvalue weighted by molar-refractivity contribution is -0.137. The Kier molecular flexibility index (Phi) is 6.06. The van der Waals surface area contributed by atoms with Crippen LogP contribution in [0.15, 0.2) is 72.8 Å². The normalized spacial score (nSPS) is 11.0. The zero-order chi connectivity index (χ0) is 21.7. The Morgan fingerprint density at radius 2 is 1.50 bits per heavy atom. The molecular weight excluding hydrogens is 397 g/mol. The molecule has 0 radical (unpaired) electrons. The van der Waals surface area contributed by atoms with Gasteiger partial charge in [0, 0.05) is 22.5 Å². The van der Waals surface area contributed by atoms with Gasteiger partial charge in [-0.3, -0.25) is 9.59 Å². The fraction of sp³-hybridized carbons (Fsp3) is 0.0909. The number of anilines is 2. The van der Waals surface area contributed by atoms with Crippen molar-refractivity contribution in [2.24, 2.45) is 0 Å². The van der Waals surface area contributed by atoms with E-state index in [1.54, 1.807) is 24.3 Å². The van der Waals surface area contributed by atoms with Crippen LogP contribution >= 0.6 is 0 Å².